The molecule has 0 saturated heterocycles. The number of carboxylic acids is 1. The Bertz CT molecular complexity index is 1200. The topological polar surface area (TPSA) is 75.1 Å². The molecule has 0 saturated carbocycles. The number of benzene rings is 1. The van der Waals surface area contributed by atoms with Crippen molar-refractivity contribution in [2.24, 2.45) is 0 Å². The lowest BCUT2D eigenvalue weighted by Gasteiger charge is -2.10. The van der Waals surface area contributed by atoms with Gasteiger partial charge in [0.25, 0.3) is 0 Å². The van der Waals surface area contributed by atoms with Gasteiger partial charge >= 0.3 is 18.3 Å². The van der Waals surface area contributed by atoms with Gasteiger partial charge in [0.1, 0.15) is 17.2 Å². The van der Waals surface area contributed by atoms with E-state index in [0.717, 1.165) is 17.4 Å². The largest absolute Gasteiger partial charge is 0.478 e. The summed E-state index contributed by atoms with van der Waals surface area (Å²) >= 11 is 0.863. The van der Waals surface area contributed by atoms with Gasteiger partial charge in [0.05, 0.1) is 21.7 Å². The summed E-state index contributed by atoms with van der Waals surface area (Å²) in [5, 5.41) is 11.8. The average molecular weight is 523 g/mol. The van der Waals surface area contributed by atoms with Crippen molar-refractivity contribution in [1.82, 2.24) is 9.97 Å². The molecule has 0 aliphatic heterocycles. The second-order valence-corrected chi connectivity index (χ2v) is 8.13. The number of halogens is 7. The van der Waals surface area contributed by atoms with Crippen LogP contribution in [0.2, 0.25) is 0 Å². The number of carboxylic acid groups (broad SMARTS) is 1. The zero-order chi connectivity index (χ0) is 26.7. The van der Waals surface area contributed by atoms with E-state index in [1.54, 1.807) is 13.8 Å². The highest BCUT2D eigenvalue weighted by molar-refractivity contribution is 7.19. The fourth-order valence-electron chi connectivity index (χ4n) is 2.85. The van der Waals surface area contributed by atoms with E-state index in [9.17, 15) is 40.6 Å². The van der Waals surface area contributed by atoms with Crippen LogP contribution in [0.1, 0.15) is 60.8 Å². The third-order valence-corrected chi connectivity index (χ3v) is 5.44. The molecule has 0 aliphatic rings. The van der Waals surface area contributed by atoms with Gasteiger partial charge in [-0.05, 0) is 29.7 Å². The summed E-state index contributed by atoms with van der Waals surface area (Å²) in [6, 6.07) is 2.81. The number of thiazole rings is 1. The highest BCUT2D eigenvalue weighted by Gasteiger charge is 2.35. The average Bonchev–Trinajstić information content (AvgIpc) is 3.17. The van der Waals surface area contributed by atoms with E-state index < -0.39 is 46.6 Å². The van der Waals surface area contributed by atoms with Gasteiger partial charge in [0, 0.05) is 6.20 Å². The van der Waals surface area contributed by atoms with Crippen LogP contribution in [0.15, 0.2) is 30.5 Å². The lowest BCUT2D eigenvalue weighted by molar-refractivity contribution is -0.140. The minimum absolute atomic E-state index is 0.0174. The summed E-state index contributed by atoms with van der Waals surface area (Å²) in [4.78, 5) is 19.6. The van der Waals surface area contributed by atoms with Crippen LogP contribution in [-0.2, 0) is 12.4 Å². The van der Waals surface area contributed by atoms with Crippen LogP contribution in [0.25, 0.3) is 10.4 Å². The molecule has 5 nitrogen and oxygen atoms in total. The van der Waals surface area contributed by atoms with Crippen molar-refractivity contribution in [3.8, 4) is 10.4 Å². The lowest BCUT2D eigenvalue weighted by atomic mass is 10.0. The Morgan fingerprint density at radius 1 is 1.06 bits per heavy atom. The number of alkyl halides is 6. The molecule has 13 heteroatoms. The fourth-order valence-corrected chi connectivity index (χ4v) is 3.97. The Kier molecular flexibility index (Phi) is 8.47. The lowest BCUT2D eigenvalue weighted by Crippen LogP contribution is -2.11. The molecule has 0 unspecified atom stereocenters. The molecule has 3 rings (SSSR count). The van der Waals surface area contributed by atoms with E-state index in [4.69, 9.17) is 0 Å². The smallest absolute Gasteiger partial charge is 0.419 e. The van der Waals surface area contributed by atoms with Crippen molar-refractivity contribution < 1.29 is 40.6 Å². The highest BCUT2D eigenvalue weighted by atomic mass is 32.1. The van der Waals surface area contributed by atoms with Crippen molar-refractivity contribution in [1.29, 1.82) is 0 Å². The number of aromatic carboxylic acids is 1. The van der Waals surface area contributed by atoms with Gasteiger partial charge in [-0.3, -0.25) is 0 Å². The Morgan fingerprint density at radius 3 is 2.17 bits per heavy atom. The molecule has 0 radical (unpaired) electrons. The SMILES string of the molecule is CC.CC(C)c1nc(Nc2ncc(C(F)(F)F)cc2C(=O)O)sc1-c1ccc(C(F)(F)F)c(F)c1. The van der Waals surface area contributed by atoms with E-state index >= 15 is 0 Å². The van der Waals surface area contributed by atoms with Crippen molar-refractivity contribution >= 4 is 28.3 Å². The molecule has 0 spiro atoms. The molecule has 3 aromatic rings. The third kappa shape index (κ3) is 6.47. The van der Waals surface area contributed by atoms with Crippen molar-refractivity contribution in [3.63, 3.8) is 0 Å². The number of carbonyl (C=O) groups is 1. The maximum absolute atomic E-state index is 14.1. The predicted octanol–water partition coefficient (Wildman–Crippen LogP) is 7.97. The van der Waals surface area contributed by atoms with Crippen LogP contribution >= 0.6 is 11.3 Å². The van der Waals surface area contributed by atoms with Gasteiger partial charge < -0.3 is 10.4 Å². The van der Waals surface area contributed by atoms with Crippen LogP contribution in [0, 0.1) is 5.82 Å². The van der Waals surface area contributed by atoms with Crippen molar-refractivity contribution in [3.05, 3.63) is 58.7 Å². The molecule has 0 aliphatic carbocycles. The highest BCUT2D eigenvalue weighted by Crippen LogP contribution is 2.40. The van der Waals surface area contributed by atoms with E-state index in [-0.39, 0.29) is 16.6 Å². The number of rotatable bonds is 5. The Labute approximate surface area is 199 Å². The number of anilines is 2. The molecular weight excluding hydrogens is 503 g/mol. The minimum atomic E-state index is -4.87. The summed E-state index contributed by atoms with van der Waals surface area (Å²) in [5.74, 6) is -3.82. The molecule has 2 N–H and O–H groups in total. The van der Waals surface area contributed by atoms with E-state index in [1.807, 2.05) is 13.8 Å². The molecule has 0 atom stereocenters. The third-order valence-electron chi connectivity index (χ3n) is 4.41. The van der Waals surface area contributed by atoms with E-state index in [1.165, 1.54) is 0 Å². The number of nitrogens with zero attached hydrogens (tertiary/aromatic N) is 2. The molecular formula is C22H20F7N3O2S. The first-order valence-corrected chi connectivity index (χ1v) is 11.0. The second kappa shape index (κ2) is 10.6. The number of hydrogen-bond donors (Lipinski definition) is 2. The summed E-state index contributed by atoms with van der Waals surface area (Å²) in [6.45, 7) is 7.45. The zero-order valence-electron chi connectivity index (χ0n) is 18.8. The molecule has 2 heterocycles. The monoisotopic (exact) mass is 523 g/mol. The zero-order valence-corrected chi connectivity index (χ0v) is 19.6. The summed E-state index contributed by atoms with van der Waals surface area (Å²) in [6.07, 6.45) is -9.22. The summed E-state index contributed by atoms with van der Waals surface area (Å²) < 4.78 is 91.3. The Morgan fingerprint density at radius 2 is 1.69 bits per heavy atom. The standard InChI is InChI=1S/C20H14F7N3O2S.C2H6/c1-8(2)14-15(9-3-4-12(13(21)5-9)20(25,26)27)33-18(29-14)30-16-11(17(31)32)6-10(7-28-16)19(22,23)24;1-2/h3-8H,1-2H3,(H,31,32)(H,28,29,30);1-2H3. The van der Waals surface area contributed by atoms with Crippen LogP contribution in [-0.4, -0.2) is 21.0 Å². The molecule has 2 aromatic heterocycles. The molecule has 0 bridgehead atoms. The minimum Gasteiger partial charge on any atom is -0.478 e. The normalized spacial score (nSPS) is 11.8. The van der Waals surface area contributed by atoms with Gasteiger partial charge in [-0.1, -0.05) is 45.1 Å². The van der Waals surface area contributed by atoms with Crippen LogP contribution in [0.3, 0.4) is 0 Å². The van der Waals surface area contributed by atoms with E-state index in [0.29, 0.717) is 35.0 Å². The molecule has 35 heavy (non-hydrogen) atoms. The number of nitrogens with one attached hydrogen (secondary N) is 1. The fraction of sp³-hybridized carbons (Fsp3) is 0.318. The number of pyridine rings is 1. The van der Waals surface area contributed by atoms with Crippen LogP contribution < -0.4 is 5.32 Å². The summed E-state index contributed by atoms with van der Waals surface area (Å²) in [5.41, 5.74) is -2.97. The first-order valence-electron chi connectivity index (χ1n) is 10.1. The van der Waals surface area contributed by atoms with Crippen molar-refractivity contribution in [2.75, 3.05) is 5.32 Å². The molecule has 0 fully saturated rings. The quantitative estimate of drug-likeness (QED) is 0.332. The van der Waals surface area contributed by atoms with Gasteiger partial charge in [-0.15, -0.1) is 0 Å². The first kappa shape index (κ1) is 28.0. The maximum atomic E-state index is 14.1. The molecule has 0 amide bonds. The summed E-state index contributed by atoms with van der Waals surface area (Å²) in [7, 11) is 0. The van der Waals surface area contributed by atoms with Crippen LogP contribution in [0.4, 0.5) is 41.7 Å². The second-order valence-electron chi connectivity index (χ2n) is 7.13. The van der Waals surface area contributed by atoms with Gasteiger partial charge in [0.2, 0.25) is 0 Å². The van der Waals surface area contributed by atoms with Gasteiger partial charge in [-0.25, -0.2) is 19.2 Å². The van der Waals surface area contributed by atoms with Crippen molar-refractivity contribution in [2.45, 2.75) is 46.0 Å². The van der Waals surface area contributed by atoms with E-state index in [2.05, 4.69) is 15.3 Å². The Hall–Kier alpha value is -3.22. The number of hydrogen-bond acceptors (Lipinski definition) is 5. The number of aromatic nitrogens is 2. The van der Waals surface area contributed by atoms with Crippen LogP contribution in [0.5, 0.6) is 0 Å². The van der Waals surface area contributed by atoms with Gasteiger partial charge in [0.15, 0.2) is 5.13 Å². The molecule has 1 aromatic carbocycles. The van der Waals surface area contributed by atoms with Gasteiger partial charge in [-0.2, -0.15) is 26.3 Å². The Balaban J connectivity index is 0.00000210. The maximum Gasteiger partial charge on any atom is 0.419 e. The predicted molar refractivity (Wildman–Crippen MR) is 117 cm³/mol. The first-order chi connectivity index (χ1) is 16.2. The molecule has 190 valence electrons.